The monoisotopic (exact) mass is 373 g/mol. The van der Waals surface area contributed by atoms with Crippen LogP contribution in [-0.2, 0) is 11.4 Å². The van der Waals surface area contributed by atoms with E-state index in [2.05, 4.69) is 0 Å². The lowest BCUT2D eigenvalue weighted by Gasteiger charge is -2.18. The zero-order chi connectivity index (χ0) is 18.7. The van der Waals surface area contributed by atoms with E-state index in [4.69, 9.17) is 16.3 Å². The van der Waals surface area contributed by atoms with Crippen LogP contribution < -0.4 is 4.74 Å². The zero-order valence-corrected chi connectivity index (χ0v) is 15.1. The molecule has 6 heteroatoms. The Balaban J connectivity index is 1.73. The molecule has 0 spiro atoms. The van der Waals surface area contributed by atoms with Crippen molar-refractivity contribution in [3.63, 3.8) is 0 Å². The fourth-order valence-corrected chi connectivity index (χ4v) is 3.26. The molecular weight excluding hydrogens is 354 g/mol. The summed E-state index contributed by atoms with van der Waals surface area (Å²) in [6.07, 6.45) is 0. The Morgan fingerprint density at radius 1 is 1.15 bits per heavy atom. The Bertz CT molecular complexity index is 806. The van der Waals surface area contributed by atoms with Crippen LogP contribution in [-0.4, -0.2) is 35.0 Å². The number of rotatable bonds is 5. The number of carbonyl (C=O) groups is 2. The highest BCUT2D eigenvalue weighted by atomic mass is 35.5. The van der Waals surface area contributed by atoms with Gasteiger partial charge < -0.3 is 14.7 Å². The maximum absolute atomic E-state index is 12.9. The molecule has 2 aromatic rings. The molecule has 2 atom stereocenters. The van der Waals surface area contributed by atoms with E-state index in [1.807, 2.05) is 19.1 Å². The van der Waals surface area contributed by atoms with E-state index in [1.54, 1.807) is 41.3 Å². The lowest BCUT2D eigenvalue weighted by atomic mass is 9.99. The van der Waals surface area contributed by atoms with E-state index in [9.17, 15) is 14.7 Å². The second-order valence-corrected chi connectivity index (χ2v) is 6.98. The van der Waals surface area contributed by atoms with E-state index in [0.29, 0.717) is 29.5 Å². The van der Waals surface area contributed by atoms with Gasteiger partial charge in [0, 0.05) is 18.1 Å². The van der Waals surface area contributed by atoms with Gasteiger partial charge in [-0.3, -0.25) is 9.59 Å². The standard InChI is InChI=1S/C20H20ClNO4/c1-13-10-22(11-17(13)20(24)25)19(23)16-4-2-3-5-18(16)26-12-14-6-8-15(21)9-7-14/h2-9,13,17H,10-12H2,1H3,(H,24,25)/t13-,17-/m1/s1. The van der Waals surface area contributed by atoms with Gasteiger partial charge in [0.2, 0.25) is 0 Å². The maximum Gasteiger partial charge on any atom is 0.308 e. The van der Waals surface area contributed by atoms with Crippen LogP contribution in [0.25, 0.3) is 0 Å². The van der Waals surface area contributed by atoms with Gasteiger partial charge in [-0.1, -0.05) is 42.8 Å². The third kappa shape index (κ3) is 3.99. The highest BCUT2D eigenvalue weighted by Gasteiger charge is 2.37. The first-order valence-electron chi connectivity index (χ1n) is 8.44. The van der Waals surface area contributed by atoms with Crippen molar-refractivity contribution in [2.24, 2.45) is 11.8 Å². The summed E-state index contributed by atoms with van der Waals surface area (Å²) in [6, 6.07) is 14.3. The molecule has 1 saturated heterocycles. The minimum absolute atomic E-state index is 0.0707. The van der Waals surface area contributed by atoms with Gasteiger partial charge in [0.05, 0.1) is 11.5 Å². The topological polar surface area (TPSA) is 66.8 Å². The quantitative estimate of drug-likeness (QED) is 0.867. The zero-order valence-electron chi connectivity index (χ0n) is 14.4. The largest absolute Gasteiger partial charge is 0.488 e. The summed E-state index contributed by atoms with van der Waals surface area (Å²) < 4.78 is 5.84. The summed E-state index contributed by atoms with van der Waals surface area (Å²) in [4.78, 5) is 25.8. The molecule has 1 fully saturated rings. The van der Waals surface area contributed by atoms with E-state index >= 15 is 0 Å². The lowest BCUT2D eigenvalue weighted by molar-refractivity contribution is -0.142. The van der Waals surface area contributed by atoms with E-state index in [-0.39, 0.29) is 18.4 Å². The summed E-state index contributed by atoms with van der Waals surface area (Å²) in [5.74, 6) is -1.18. The third-order valence-electron chi connectivity index (χ3n) is 4.64. The molecule has 0 aliphatic carbocycles. The number of carboxylic acid groups (broad SMARTS) is 1. The fraction of sp³-hybridized carbons (Fsp3) is 0.300. The average Bonchev–Trinajstić information content (AvgIpc) is 3.03. The molecule has 1 aliphatic rings. The average molecular weight is 374 g/mol. The van der Waals surface area contributed by atoms with Crippen molar-refractivity contribution >= 4 is 23.5 Å². The first kappa shape index (κ1) is 18.3. The second kappa shape index (κ2) is 7.79. The number of nitrogens with zero attached hydrogens (tertiary/aromatic N) is 1. The fourth-order valence-electron chi connectivity index (χ4n) is 3.14. The van der Waals surface area contributed by atoms with E-state index in [1.165, 1.54) is 0 Å². The minimum atomic E-state index is -0.861. The molecule has 0 radical (unpaired) electrons. The number of carboxylic acids is 1. The number of para-hydroxylation sites is 1. The summed E-state index contributed by atoms with van der Waals surface area (Å²) in [5, 5.41) is 9.92. The summed E-state index contributed by atoms with van der Waals surface area (Å²) in [7, 11) is 0. The number of ether oxygens (including phenoxy) is 1. The number of hydrogen-bond acceptors (Lipinski definition) is 3. The number of hydrogen-bond donors (Lipinski definition) is 1. The molecule has 0 unspecified atom stereocenters. The van der Waals surface area contributed by atoms with Crippen LogP contribution in [0.15, 0.2) is 48.5 Å². The van der Waals surface area contributed by atoms with Gasteiger partial charge in [-0.2, -0.15) is 0 Å². The molecule has 3 rings (SSSR count). The van der Waals surface area contributed by atoms with Crippen molar-refractivity contribution in [2.75, 3.05) is 13.1 Å². The van der Waals surface area contributed by atoms with Crippen LogP contribution in [0.5, 0.6) is 5.75 Å². The molecule has 0 bridgehead atoms. The molecule has 0 saturated carbocycles. The van der Waals surface area contributed by atoms with Crippen molar-refractivity contribution in [1.82, 2.24) is 4.90 Å². The molecule has 5 nitrogen and oxygen atoms in total. The molecule has 1 N–H and O–H groups in total. The Morgan fingerprint density at radius 2 is 1.85 bits per heavy atom. The molecule has 1 aliphatic heterocycles. The van der Waals surface area contributed by atoms with Crippen molar-refractivity contribution in [1.29, 1.82) is 0 Å². The summed E-state index contributed by atoms with van der Waals surface area (Å²) >= 11 is 5.88. The van der Waals surface area contributed by atoms with Gasteiger partial charge in [-0.25, -0.2) is 0 Å². The number of carbonyl (C=O) groups excluding carboxylic acids is 1. The van der Waals surface area contributed by atoms with Gasteiger partial charge in [-0.05, 0) is 35.7 Å². The van der Waals surface area contributed by atoms with Crippen LogP contribution in [0, 0.1) is 11.8 Å². The third-order valence-corrected chi connectivity index (χ3v) is 4.89. The highest BCUT2D eigenvalue weighted by Crippen LogP contribution is 2.28. The van der Waals surface area contributed by atoms with Crippen LogP contribution >= 0.6 is 11.6 Å². The first-order chi connectivity index (χ1) is 12.5. The SMILES string of the molecule is C[C@@H]1CN(C(=O)c2ccccc2OCc2ccc(Cl)cc2)C[C@H]1C(=O)O. The van der Waals surface area contributed by atoms with E-state index in [0.717, 1.165) is 5.56 Å². The van der Waals surface area contributed by atoms with Gasteiger partial charge in [-0.15, -0.1) is 0 Å². The molecule has 26 heavy (non-hydrogen) atoms. The highest BCUT2D eigenvalue weighted by molar-refractivity contribution is 6.30. The molecule has 1 amide bonds. The molecule has 1 heterocycles. The Hall–Kier alpha value is -2.53. The van der Waals surface area contributed by atoms with Crippen molar-refractivity contribution < 1.29 is 19.4 Å². The Morgan fingerprint density at radius 3 is 2.50 bits per heavy atom. The summed E-state index contributed by atoms with van der Waals surface area (Å²) in [6.45, 7) is 2.83. The van der Waals surface area contributed by atoms with Crippen LogP contribution in [0.4, 0.5) is 0 Å². The lowest BCUT2D eigenvalue weighted by Crippen LogP contribution is -2.30. The van der Waals surface area contributed by atoms with Crippen molar-refractivity contribution in [3.05, 3.63) is 64.7 Å². The first-order valence-corrected chi connectivity index (χ1v) is 8.82. The van der Waals surface area contributed by atoms with Gasteiger partial charge >= 0.3 is 5.97 Å². The Kier molecular flexibility index (Phi) is 5.47. The van der Waals surface area contributed by atoms with Crippen molar-refractivity contribution in [2.45, 2.75) is 13.5 Å². The predicted octanol–water partition coefficient (Wildman–Crippen LogP) is 3.71. The van der Waals surface area contributed by atoms with Crippen LogP contribution in [0.3, 0.4) is 0 Å². The van der Waals surface area contributed by atoms with E-state index < -0.39 is 11.9 Å². The maximum atomic E-state index is 12.9. The number of likely N-dealkylation sites (tertiary alicyclic amines) is 1. The molecule has 0 aromatic heterocycles. The molecular formula is C20H20ClNO4. The van der Waals surface area contributed by atoms with Gasteiger partial charge in [0.25, 0.3) is 5.91 Å². The van der Waals surface area contributed by atoms with Crippen LogP contribution in [0.1, 0.15) is 22.8 Å². The number of amides is 1. The number of benzene rings is 2. The number of halogens is 1. The molecule has 136 valence electrons. The predicted molar refractivity (Wildman–Crippen MR) is 98.4 cm³/mol. The van der Waals surface area contributed by atoms with Gasteiger partial charge in [0.15, 0.2) is 0 Å². The minimum Gasteiger partial charge on any atom is -0.488 e. The molecule has 2 aromatic carbocycles. The smallest absolute Gasteiger partial charge is 0.308 e. The van der Waals surface area contributed by atoms with Crippen LogP contribution in [0.2, 0.25) is 5.02 Å². The number of aliphatic carboxylic acids is 1. The Labute approximate surface area is 157 Å². The normalized spacial score (nSPS) is 19.4. The van der Waals surface area contributed by atoms with Crippen molar-refractivity contribution in [3.8, 4) is 5.75 Å². The van der Waals surface area contributed by atoms with Gasteiger partial charge in [0.1, 0.15) is 12.4 Å². The second-order valence-electron chi connectivity index (χ2n) is 6.54. The summed E-state index contributed by atoms with van der Waals surface area (Å²) in [5.41, 5.74) is 1.39.